The van der Waals surface area contributed by atoms with E-state index in [0.717, 1.165) is 18.4 Å². The van der Waals surface area contributed by atoms with Crippen LogP contribution in [-0.2, 0) is 0 Å². The van der Waals surface area contributed by atoms with Crippen molar-refractivity contribution in [3.05, 3.63) is 0 Å². The van der Waals surface area contributed by atoms with Gasteiger partial charge in [-0.3, -0.25) is 4.99 Å². The fourth-order valence-electron chi connectivity index (χ4n) is 3.53. The van der Waals surface area contributed by atoms with Crippen LogP contribution < -0.4 is 5.32 Å². The Hall–Kier alpha value is -0.180. The van der Waals surface area contributed by atoms with Crippen LogP contribution in [-0.4, -0.2) is 23.0 Å². The van der Waals surface area contributed by atoms with Gasteiger partial charge in [-0.1, -0.05) is 46.4 Å². The van der Waals surface area contributed by atoms with Crippen molar-refractivity contribution in [3.63, 3.8) is 0 Å². The summed E-state index contributed by atoms with van der Waals surface area (Å²) < 4.78 is 0. The molecule has 0 saturated heterocycles. The number of nitrogens with zero attached hydrogens (tertiary/aromatic N) is 1. The fraction of sp³-hybridized carbons (Fsp3) is 0.938. The maximum atomic E-state index is 4.71. The van der Waals surface area contributed by atoms with Crippen molar-refractivity contribution in [1.29, 1.82) is 0 Å². The first-order valence-corrected chi connectivity index (χ1v) is 8.67. The lowest BCUT2D eigenvalue weighted by molar-refractivity contribution is 0.257. The molecule has 0 spiro atoms. The van der Waals surface area contributed by atoms with E-state index in [1.807, 2.05) is 11.8 Å². The molecule has 1 saturated carbocycles. The highest BCUT2D eigenvalue weighted by atomic mass is 32.2. The van der Waals surface area contributed by atoms with Crippen LogP contribution >= 0.6 is 11.8 Å². The van der Waals surface area contributed by atoms with E-state index in [-0.39, 0.29) is 0 Å². The normalized spacial score (nSPS) is 36.2. The van der Waals surface area contributed by atoms with Gasteiger partial charge in [0, 0.05) is 11.3 Å². The molecule has 2 rings (SSSR count). The summed E-state index contributed by atoms with van der Waals surface area (Å²) in [5.74, 6) is 1.72. The van der Waals surface area contributed by atoms with Crippen molar-refractivity contribution in [3.8, 4) is 0 Å². The van der Waals surface area contributed by atoms with Gasteiger partial charge in [-0.25, -0.2) is 0 Å². The largest absolute Gasteiger partial charge is 0.362 e. The van der Waals surface area contributed by atoms with E-state index in [1.54, 1.807) is 0 Å². The van der Waals surface area contributed by atoms with E-state index in [4.69, 9.17) is 4.99 Å². The second-order valence-corrected chi connectivity index (χ2v) is 9.20. The van der Waals surface area contributed by atoms with Gasteiger partial charge in [0.15, 0.2) is 5.17 Å². The third-order valence-corrected chi connectivity index (χ3v) is 5.18. The predicted octanol–water partition coefficient (Wildman–Crippen LogP) is 4.31. The molecule has 3 heteroatoms. The van der Waals surface area contributed by atoms with Crippen molar-refractivity contribution in [2.45, 2.75) is 71.6 Å². The zero-order valence-corrected chi connectivity index (χ0v) is 14.0. The van der Waals surface area contributed by atoms with E-state index < -0.39 is 0 Å². The lowest BCUT2D eigenvalue weighted by atomic mass is 9.80. The van der Waals surface area contributed by atoms with Gasteiger partial charge in [0.1, 0.15) is 0 Å². The van der Waals surface area contributed by atoms with Crippen LogP contribution in [0.15, 0.2) is 4.99 Å². The number of hydrogen-bond donors (Lipinski definition) is 1. The van der Waals surface area contributed by atoms with Crippen LogP contribution in [0.5, 0.6) is 0 Å². The summed E-state index contributed by atoms with van der Waals surface area (Å²) in [4.78, 5) is 4.71. The number of nitrogens with one attached hydrogen (secondary N) is 1. The molecule has 1 N–H and O–H groups in total. The van der Waals surface area contributed by atoms with Gasteiger partial charge in [-0.2, -0.15) is 0 Å². The minimum absolute atomic E-state index is 0.413. The quantitative estimate of drug-likeness (QED) is 0.816. The molecule has 2 nitrogen and oxygen atoms in total. The van der Waals surface area contributed by atoms with E-state index in [1.165, 1.54) is 30.9 Å². The molecule has 1 heterocycles. The molecule has 0 amide bonds. The highest BCUT2D eigenvalue weighted by Gasteiger charge is 2.28. The van der Waals surface area contributed by atoms with Gasteiger partial charge in [0.05, 0.1) is 6.54 Å². The molecule has 3 unspecified atom stereocenters. The summed E-state index contributed by atoms with van der Waals surface area (Å²) in [7, 11) is 0. The Morgan fingerprint density at radius 3 is 2.37 bits per heavy atom. The Bertz CT molecular complexity index is 322. The molecule has 0 radical (unpaired) electrons. The number of rotatable bonds is 2. The Morgan fingerprint density at radius 2 is 1.79 bits per heavy atom. The van der Waals surface area contributed by atoms with Gasteiger partial charge >= 0.3 is 0 Å². The van der Waals surface area contributed by atoms with Crippen LogP contribution in [0.1, 0.15) is 60.3 Å². The Kier molecular flexibility index (Phi) is 4.86. The third kappa shape index (κ3) is 5.02. The Morgan fingerprint density at radius 1 is 1.16 bits per heavy atom. The van der Waals surface area contributed by atoms with Crippen molar-refractivity contribution in [2.75, 3.05) is 6.54 Å². The monoisotopic (exact) mass is 282 g/mol. The van der Waals surface area contributed by atoms with Crippen molar-refractivity contribution < 1.29 is 0 Å². The van der Waals surface area contributed by atoms with Crippen LogP contribution in [0.25, 0.3) is 0 Å². The molecule has 0 aromatic heterocycles. The van der Waals surface area contributed by atoms with Crippen LogP contribution in [0.4, 0.5) is 0 Å². The Balaban J connectivity index is 1.78. The second kappa shape index (κ2) is 6.07. The lowest BCUT2D eigenvalue weighted by Gasteiger charge is -2.32. The standard InChI is InChI=1S/C16H30N2S/c1-11-6-12(2)8-13(7-11)18-15-17-10-14(19-15)9-16(3,4)5/h11-14H,6-10H2,1-5H3,(H,17,18). The summed E-state index contributed by atoms with van der Waals surface area (Å²) in [6.45, 7) is 12.7. The molecule has 1 aliphatic carbocycles. The van der Waals surface area contributed by atoms with E-state index in [2.05, 4.69) is 39.9 Å². The molecule has 0 aromatic rings. The topological polar surface area (TPSA) is 24.4 Å². The molecular weight excluding hydrogens is 252 g/mol. The summed E-state index contributed by atoms with van der Waals surface area (Å²) in [5.41, 5.74) is 0.413. The summed E-state index contributed by atoms with van der Waals surface area (Å²) in [5, 5.41) is 5.60. The maximum absolute atomic E-state index is 4.71. The molecular formula is C16H30N2S. The first kappa shape index (κ1) is 15.2. The fourth-order valence-corrected chi connectivity index (χ4v) is 4.96. The lowest BCUT2D eigenvalue weighted by Crippen LogP contribution is -2.38. The van der Waals surface area contributed by atoms with Crippen molar-refractivity contribution in [1.82, 2.24) is 5.32 Å². The van der Waals surface area contributed by atoms with Crippen molar-refractivity contribution in [2.24, 2.45) is 22.2 Å². The minimum atomic E-state index is 0.413. The molecule has 3 atom stereocenters. The highest BCUT2D eigenvalue weighted by Crippen LogP contribution is 2.33. The third-order valence-electron chi connectivity index (χ3n) is 4.06. The maximum Gasteiger partial charge on any atom is 0.157 e. The summed E-state index contributed by atoms with van der Waals surface area (Å²) in [6.07, 6.45) is 5.27. The van der Waals surface area contributed by atoms with E-state index >= 15 is 0 Å². The zero-order chi connectivity index (χ0) is 14.0. The second-order valence-electron chi connectivity index (χ2n) is 7.91. The smallest absolute Gasteiger partial charge is 0.157 e. The number of hydrogen-bond acceptors (Lipinski definition) is 3. The van der Waals surface area contributed by atoms with Crippen LogP contribution in [0.3, 0.4) is 0 Å². The summed E-state index contributed by atoms with van der Waals surface area (Å²) >= 11 is 1.97. The molecule has 1 fully saturated rings. The van der Waals surface area contributed by atoms with Gasteiger partial charge in [0.2, 0.25) is 0 Å². The highest BCUT2D eigenvalue weighted by molar-refractivity contribution is 8.14. The first-order valence-electron chi connectivity index (χ1n) is 7.79. The molecule has 110 valence electrons. The molecule has 0 bridgehead atoms. The number of amidine groups is 1. The van der Waals surface area contributed by atoms with Gasteiger partial charge < -0.3 is 5.32 Å². The molecule has 19 heavy (non-hydrogen) atoms. The minimum Gasteiger partial charge on any atom is -0.362 e. The zero-order valence-electron chi connectivity index (χ0n) is 13.2. The average molecular weight is 282 g/mol. The van der Waals surface area contributed by atoms with Crippen LogP contribution in [0.2, 0.25) is 0 Å². The van der Waals surface area contributed by atoms with E-state index in [0.29, 0.717) is 16.7 Å². The molecule has 0 aromatic carbocycles. The SMILES string of the molecule is CC1CC(C)CC(NC2=NCC(CC(C)(C)C)S2)C1. The Labute approximate surface area is 123 Å². The molecule has 2 aliphatic rings. The summed E-state index contributed by atoms with van der Waals surface area (Å²) in [6, 6.07) is 0.651. The average Bonchev–Trinajstić information content (AvgIpc) is 2.60. The van der Waals surface area contributed by atoms with Crippen LogP contribution in [0, 0.1) is 17.3 Å². The number of aliphatic imine (C=N–C) groups is 1. The van der Waals surface area contributed by atoms with Gasteiger partial charge in [-0.05, 0) is 42.9 Å². The van der Waals surface area contributed by atoms with Gasteiger partial charge in [-0.15, -0.1) is 0 Å². The van der Waals surface area contributed by atoms with Crippen molar-refractivity contribution >= 4 is 16.9 Å². The van der Waals surface area contributed by atoms with Gasteiger partial charge in [0.25, 0.3) is 0 Å². The predicted molar refractivity (Wildman–Crippen MR) is 86.9 cm³/mol. The molecule has 1 aliphatic heterocycles. The van der Waals surface area contributed by atoms with E-state index in [9.17, 15) is 0 Å². The first-order chi connectivity index (χ1) is 8.82. The number of thioether (sulfide) groups is 1.